The minimum atomic E-state index is -0.293. The summed E-state index contributed by atoms with van der Waals surface area (Å²) in [4.78, 5) is 0. The van der Waals surface area contributed by atoms with Gasteiger partial charge in [-0.05, 0) is 23.8 Å². The fourth-order valence-corrected chi connectivity index (χ4v) is 3.02. The van der Waals surface area contributed by atoms with Crippen LogP contribution in [0, 0.1) is 0 Å². The molecular formula is C24H28O5. The van der Waals surface area contributed by atoms with Crippen molar-refractivity contribution in [3.05, 3.63) is 97.0 Å². The Hall–Kier alpha value is -2.44. The fraction of sp³-hybridized carbons (Fsp3) is 0.333. The molecule has 5 heteroatoms. The van der Waals surface area contributed by atoms with E-state index in [0.717, 1.165) is 17.1 Å². The summed E-state index contributed by atoms with van der Waals surface area (Å²) in [6.45, 7) is 9.63. The van der Waals surface area contributed by atoms with Gasteiger partial charge in [0.1, 0.15) is 36.4 Å². The highest BCUT2D eigenvalue weighted by atomic mass is 16.6. The molecule has 5 nitrogen and oxygen atoms in total. The van der Waals surface area contributed by atoms with Crippen LogP contribution in [0.2, 0.25) is 0 Å². The summed E-state index contributed by atoms with van der Waals surface area (Å²) in [5.74, 6) is 1.49. The van der Waals surface area contributed by atoms with E-state index in [9.17, 15) is 0 Å². The predicted octanol–water partition coefficient (Wildman–Crippen LogP) is 4.77. The molecule has 2 aromatic rings. The minimum Gasteiger partial charge on any atom is -0.460 e. The molecule has 0 aliphatic carbocycles. The molecule has 1 aromatic heterocycles. The second-order valence-corrected chi connectivity index (χ2v) is 6.68. The van der Waals surface area contributed by atoms with Crippen LogP contribution in [0.4, 0.5) is 0 Å². The zero-order valence-corrected chi connectivity index (χ0v) is 16.6. The highest BCUT2D eigenvalue weighted by Gasteiger charge is 2.30. The summed E-state index contributed by atoms with van der Waals surface area (Å²) in [5.41, 5.74) is 1.13. The predicted molar refractivity (Wildman–Crippen MR) is 111 cm³/mol. The Morgan fingerprint density at radius 3 is 2.52 bits per heavy atom. The van der Waals surface area contributed by atoms with E-state index >= 15 is 0 Å². The fourth-order valence-electron chi connectivity index (χ4n) is 3.02. The lowest BCUT2D eigenvalue weighted by molar-refractivity contribution is -0.112. The van der Waals surface area contributed by atoms with Crippen molar-refractivity contribution in [3.8, 4) is 0 Å². The van der Waals surface area contributed by atoms with Gasteiger partial charge in [0.05, 0.1) is 26.4 Å². The Balaban J connectivity index is 1.56. The van der Waals surface area contributed by atoms with E-state index in [0.29, 0.717) is 33.0 Å². The first-order valence-corrected chi connectivity index (χ1v) is 9.75. The van der Waals surface area contributed by atoms with Gasteiger partial charge in [-0.15, -0.1) is 13.2 Å². The maximum absolute atomic E-state index is 6.18. The molecule has 1 unspecified atom stereocenters. The van der Waals surface area contributed by atoms with Crippen molar-refractivity contribution in [1.82, 2.24) is 0 Å². The Bertz CT molecular complexity index is 780. The number of benzene rings is 1. The smallest absolute Gasteiger partial charge is 0.137 e. The summed E-state index contributed by atoms with van der Waals surface area (Å²) >= 11 is 0. The van der Waals surface area contributed by atoms with Crippen LogP contribution < -0.4 is 0 Å². The molecule has 0 N–H and O–H groups in total. The number of hydrogen-bond donors (Lipinski definition) is 0. The third-order valence-corrected chi connectivity index (χ3v) is 4.41. The maximum Gasteiger partial charge on any atom is 0.137 e. The minimum absolute atomic E-state index is 0.197. The molecule has 2 heterocycles. The molecule has 1 aromatic carbocycles. The lowest BCUT2D eigenvalue weighted by atomic mass is 10.1. The lowest BCUT2D eigenvalue weighted by Gasteiger charge is -2.31. The molecule has 1 aliphatic heterocycles. The monoisotopic (exact) mass is 396 g/mol. The van der Waals surface area contributed by atoms with Gasteiger partial charge in [-0.3, -0.25) is 0 Å². The summed E-state index contributed by atoms with van der Waals surface area (Å²) in [5, 5.41) is 0. The van der Waals surface area contributed by atoms with Crippen molar-refractivity contribution in [3.63, 3.8) is 0 Å². The normalized spacial score (nSPS) is 21.2. The van der Waals surface area contributed by atoms with E-state index < -0.39 is 0 Å². The molecule has 0 saturated carbocycles. The van der Waals surface area contributed by atoms with Crippen LogP contribution in [0.3, 0.4) is 0 Å². The molecule has 0 amide bonds. The van der Waals surface area contributed by atoms with Crippen LogP contribution in [-0.4, -0.2) is 32.0 Å². The van der Waals surface area contributed by atoms with E-state index in [4.69, 9.17) is 23.4 Å². The summed E-state index contributed by atoms with van der Waals surface area (Å²) in [6, 6.07) is 13.9. The van der Waals surface area contributed by atoms with Gasteiger partial charge in [0.25, 0.3) is 0 Å². The van der Waals surface area contributed by atoms with Crippen LogP contribution >= 0.6 is 0 Å². The van der Waals surface area contributed by atoms with Crippen LogP contribution in [-0.2, 0) is 32.2 Å². The first-order valence-electron chi connectivity index (χ1n) is 9.75. The summed E-state index contributed by atoms with van der Waals surface area (Å²) in [6.07, 6.45) is 6.64. The average Bonchev–Trinajstić information content (AvgIpc) is 3.22. The topological polar surface area (TPSA) is 50.1 Å². The van der Waals surface area contributed by atoms with Gasteiger partial charge < -0.3 is 23.4 Å². The molecule has 3 atom stereocenters. The Morgan fingerprint density at radius 2 is 1.72 bits per heavy atom. The zero-order chi connectivity index (χ0) is 20.3. The van der Waals surface area contributed by atoms with Gasteiger partial charge >= 0.3 is 0 Å². The molecule has 0 bridgehead atoms. The lowest BCUT2D eigenvalue weighted by Crippen LogP contribution is -2.38. The van der Waals surface area contributed by atoms with Gasteiger partial charge in [0.2, 0.25) is 0 Å². The molecular weight excluding hydrogens is 368 g/mol. The largest absolute Gasteiger partial charge is 0.460 e. The second kappa shape index (κ2) is 11.5. The van der Waals surface area contributed by atoms with E-state index in [-0.39, 0.29) is 18.3 Å². The Morgan fingerprint density at radius 1 is 0.897 bits per heavy atom. The van der Waals surface area contributed by atoms with E-state index in [2.05, 4.69) is 13.2 Å². The Labute approximate surface area is 172 Å². The molecule has 0 saturated heterocycles. The van der Waals surface area contributed by atoms with E-state index in [1.807, 2.05) is 54.6 Å². The first kappa shape index (κ1) is 21.3. The van der Waals surface area contributed by atoms with Crippen LogP contribution in [0.25, 0.3) is 0 Å². The van der Waals surface area contributed by atoms with Crippen molar-refractivity contribution >= 4 is 0 Å². The quantitative estimate of drug-likeness (QED) is 0.382. The Kier molecular flexibility index (Phi) is 8.46. The molecule has 3 rings (SSSR count). The van der Waals surface area contributed by atoms with Crippen molar-refractivity contribution in [2.24, 2.45) is 0 Å². The second-order valence-electron chi connectivity index (χ2n) is 6.68. The third-order valence-electron chi connectivity index (χ3n) is 4.41. The van der Waals surface area contributed by atoms with Gasteiger partial charge in [0, 0.05) is 0 Å². The number of ether oxygens (including phenoxy) is 4. The van der Waals surface area contributed by atoms with Crippen LogP contribution in [0.15, 0.2) is 84.3 Å². The van der Waals surface area contributed by atoms with Crippen LogP contribution in [0.5, 0.6) is 0 Å². The molecule has 29 heavy (non-hydrogen) atoms. The highest BCUT2D eigenvalue weighted by molar-refractivity contribution is 5.17. The number of hydrogen-bond acceptors (Lipinski definition) is 5. The van der Waals surface area contributed by atoms with E-state index in [1.165, 1.54) is 0 Å². The van der Waals surface area contributed by atoms with Crippen molar-refractivity contribution in [1.29, 1.82) is 0 Å². The highest BCUT2D eigenvalue weighted by Crippen LogP contribution is 2.29. The molecule has 0 fully saturated rings. The van der Waals surface area contributed by atoms with Crippen LogP contribution in [0.1, 0.15) is 23.2 Å². The van der Waals surface area contributed by atoms with Gasteiger partial charge in [-0.25, -0.2) is 0 Å². The summed E-state index contributed by atoms with van der Waals surface area (Å²) in [7, 11) is 0. The standard InChI is InChI=1S/C24H28O5/c1-3-14-25-18-24-21(27-15-4-2)12-13-23(29-24)22-11-10-20(28-22)17-26-16-19-8-6-5-7-9-19/h3-13,21,23-24H,1-2,14-18H2/t21-,23?,24+/m0/s1. The van der Waals surface area contributed by atoms with E-state index in [1.54, 1.807) is 12.2 Å². The molecule has 154 valence electrons. The average molecular weight is 396 g/mol. The maximum atomic E-state index is 6.18. The third kappa shape index (κ3) is 6.54. The van der Waals surface area contributed by atoms with Crippen molar-refractivity contribution in [2.75, 3.05) is 19.8 Å². The summed E-state index contributed by atoms with van der Waals surface area (Å²) < 4.78 is 29.2. The SMILES string of the molecule is C=CCOC[C@H]1OC(c2ccc(COCc3ccccc3)o2)C=C[C@@H]1OCC=C. The first-order chi connectivity index (χ1) is 14.3. The van der Waals surface area contributed by atoms with Gasteiger partial charge in [-0.2, -0.15) is 0 Å². The van der Waals surface area contributed by atoms with Gasteiger partial charge in [0.15, 0.2) is 0 Å². The number of furan rings is 1. The molecule has 0 radical (unpaired) electrons. The number of rotatable bonds is 12. The molecule has 1 aliphatic rings. The molecule has 0 spiro atoms. The van der Waals surface area contributed by atoms with Crippen molar-refractivity contribution < 1.29 is 23.4 Å². The van der Waals surface area contributed by atoms with Gasteiger partial charge in [-0.1, -0.05) is 48.6 Å². The zero-order valence-electron chi connectivity index (χ0n) is 16.6. The van der Waals surface area contributed by atoms with Crippen molar-refractivity contribution in [2.45, 2.75) is 31.5 Å².